The number of aliphatic hydroxyl groups is 1. The Morgan fingerprint density at radius 1 is 1.07 bits per heavy atom. The maximum absolute atomic E-state index is 12.7. The van der Waals surface area contributed by atoms with Crippen LogP contribution in [0.2, 0.25) is 0 Å². The van der Waals surface area contributed by atoms with E-state index in [1.165, 1.54) is 24.3 Å². The first-order valence-corrected chi connectivity index (χ1v) is 8.61. The molecule has 1 aliphatic rings. The average Bonchev–Trinajstić information content (AvgIpc) is 2.97. The minimum Gasteiger partial charge on any atom is -0.507 e. The Balaban J connectivity index is 2.18. The van der Waals surface area contributed by atoms with Gasteiger partial charge in [0.25, 0.3) is 17.4 Å². The molecular formula is C20H16N2O7. The summed E-state index contributed by atoms with van der Waals surface area (Å²) in [5.41, 5.74) is 0.0126. The van der Waals surface area contributed by atoms with Crippen LogP contribution in [0.15, 0.2) is 60.2 Å². The van der Waals surface area contributed by atoms with Crippen molar-refractivity contribution in [3.8, 4) is 0 Å². The third-order valence-electron chi connectivity index (χ3n) is 4.55. The zero-order chi connectivity index (χ0) is 21.1. The molecule has 2 aromatic carbocycles. The zero-order valence-corrected chi connectivity index (χ0v) is 15.0. The van der Waals surface area contributed by atoms with E-state index in [1.807, 2.05) is 0 Å². The second-order valence-electron chi connectivity index (χ2n) is 6.35. The summed E-state index contributed by atoms with van der Waals surface area (Å²) in [5, 5.41) is 30.9. The first-order valence-electron chi connectivity index (χ1n) is 8.61. The molecule has 0 spiro atoms. The normalized spacial score (nSPS) is 18.1. The number of carbonyl (C=O) groups is 3. The summed E-state index contributed by atoms with van der Waals surface area (Å²) in [7, 11) is 0. The van der Waals surface area contributed by atoms with E-state index in [-0.39, 0.29) is 23.4 Å². The number of hydrogen-bond donors (Lipinski definition) is 2. The first kappa shape index (κ1) is 19.7. The molecular weight excluding hydrogens is 380 g/mol. The van der Waals surface area contributed by atoms with E-state index in [0.29, 0.717) is 5.56 Å². The molecule has 0 aromatic heterocycles. The lowest BCUT2D eigenvalue weighted by Crippen LogP contribution is -2.31. The molecule has 0 radical (unpaired) electrons. The summed E-state index contributed by atoms with van der Waals surface area (Å²) in [5.74, 6) is -3.56. The number of carboxylic acid groups (broad SMARTS) is 1. The van der Waals surface area contributed by atoms with Crippen molar-refractivity contribution in [3.05, 3.63) is 81.4 Å². The quantitative estimate of drug-likeness (QED) is 0.251. The van der Waals surface area contributed by atoms with Gasteiger partial charge >= 0.3 is 5.97 Å². The summed E-state index contributed by atoms with van der Waals surface area (Å²) in [6, 6.07) is 12.3. The number of aliphatic hydroxyl groups excluding tert-OH is 1. The van der Waals surface area contributed by atoms with E-state index in [2.05, 4.69) is 0 Å². The third kappa shape index (κ3) is 3.84. The number of likely N-dealkylation sites (tertiary alicyclic amines) is 1. The van der Waals surface area contributed by atoms with Gasteiger partial charge in [0.05, 0.1) is 23.0 Å². The van der Waals surface area contributed by atoms with Crippen LogP contribution in [-0.4, -0.2) is 44.2 Å². The average molecular weight is 396 g/mol. The van der Waals surface area contributed by atoms with Gasteiger partial charge in [-0.3, -0.25) is 24.5 Å². The molecule has 2 aromatic rings. The van der Waals surface area contributed by atoms with Gasteiger partial charge in [-0.15, -0.1) is 0 Å². The lowest BCUT2D eigenvalue weighted by Gasteiger charge is -2.24. The van der Waals surface area contributed by atoms with Gasteiger partial charge in [-0.05, 0) is 5.56 Å². The van der Waals surface area contributed by atoms with Crippen LogP contribution in [-0.2, 0) is 14.4 Å². The van der Waals surface area contributed by atoms with Crippen molar-refractivity contribution in [1.82, 2.24) is 4.90 Å². The first-order chi connectivity index (χ1) is 13.8. The number of nitro benzene ring substituents is 1. The molecule has 148 valence electrons. The number of aliphatic carboxylic acids is 1. The standard InChI is InChI=1S/C20H16N2O7/c23-15(24)9-10-21-17(13-7-4-8-14(11-13)22(28)29)16(19(26)20(21)27)18(25)12-5-2-1-3-6-12/h1-8,11,17,25H,9-10H2,(H,23,24). The SMILES string of the molecule is O=C(O)CCN1C(=O)C(=O)C(=C(O)c2ccccc2)C1c1cccc([N+](=O)[O-])c1. The minimum atomic E-state index is -1.17. The monoisotopic (exact) mass is 396 g/mol. The van der Waals surface area contributed by atoms with E-state index in [0.717, 1.165) is 4.90 Å². The lowest BCUT2D eigenvalue weighted by atomic mass is 9.95. The molecule has 1 saturated heterocycles. The molecule has 9 heteroatoms. The maximum Gasteiger partial charge on any atom is 0.305 e. The predicted molar refractivity (Wildman–Crippen MR) is 101 cm³/mol. The van der Waals surface area contributed by atoms with Crippen LogP contribution in [0.5, 0.6) is 0 Å². The fourth-order valence-electron chi connectivity index (χ4n) is 3.23. The molecule has 1 fully saturated rings. The van der Waals surface area contributed by atoms with Gasteiger partial charge in [-0.25, -0.2) is 0 Å². The van der Waals surface area contributed by atoms with Crippen LogP contribution in [0, 0.1) is 10.1 Å². The highest BCUT2D eigenvalue weighted by Crippen LogP contribution is 2.40. The molecule has 0 aliphatic carbocycles. The van der Waals surface area contributed by atoms with Gasteiger partial charge in [0, 0.05) is 24.2 Å². The number of hydrogen-bond acceptors (Lipinski definition) is 6. The number of nitro groups is 1. The molecule has 0 bridgehead atoms. The number of amides is 1. The Morgan fingerprint density at radius 3 is 2.38 bits per heavy atom. The van der Waals surface area contributed by atoms with Crippen LogP contribution in [0.1, 0.15) is 23.6 Å². The number of ketones is 1. The number of benzene rings is 2. The van der Waals surface area contributed by atoms with E-state index < -0.39 is 40.8 Å². The van der Waals surface area contributed by atoms with Gasteiger partial charge in [0.15, 0.2) is 0 Å². The van der Waals surface area contributed by atoms with Crippen LogP contribution in [0.4, 0.5) is 5.69 Å². The van der Waals surface area contributed by atoms with Gasteiger partial charge < -0.3 is 15.1 Å². The molecule has 0 saturated carbocycles. The van der Waals surface area contributed by atoms with Crippen LogP contribution >= 0.6 is 0 Å². The zero-order valence-electron chi connectivity index (χ0n) is 15.0. The van der Waals surface area contributed by atoms with Gasteiger partial charge in [0.1, 0.15) is 5.76 Å². The smallest absolute Gasteiger partial charge is 0.305 e. The van der Waals surface area contributed by atoms with E-state index in [1.54, 1.807) is 30.3 Å². The number of non-ortho nitro benzene ring substituents is 1. The molecule has 1 unspecified atom stereocenters. The summed E-state index contributed by atoms with van der Waals surface area (Å²) < 4.78 is 0. The second-order valence-corrected chi connectivity index (χ2v) is 6.35. The summed E-state index contributed by atoms with van der Waals surface area (Å²) in [6.07, 6.45) is -0.427. The topological polar surface area (TPSA) is 138 Å². The highest BCUT2D eigenvalue weighted by molar-refractivity contribution is 6.46. The van der Waals surface area contributed by atoms with Crippen molar-refractivity contribution in [1.29, 1.82) is 0 Å². The number of nitrogens with zero attached hydrogens (tertiary/aromatic N) is 2. The largest absolute Gasteiger partial charge is 0.507 e. The highest BCUT2D eigenvalue weighted by Gasteiger charge is 2.46. The Labute approximate surface area is 164 Å². The Bertz CT molecular complexity index is 1030. The lowest BCUT2D eigenvalue weighted by molar-refractivity contribution is -0.384. The van der Waals surface area contributed by atoms with Gasteiger partial charge in [-0.1, -0.05) is 42.5 Å². The van der Waals surface area contributed by atoms with Crippen molar-refractivity contribution in [3.63, 3.8) is 0 Å². The van der Waals surface area contributed by atoms with E-state index in [9.17, 15) is 29.6 Å². The van der Waals surface area contributed by atoms with Crippen molar-refractivity contribution in [2.45, 2.75) is 12.5 Å². The van der Waals surface area contributed by atoms with Crippen LogP contribution in [0.25, 0.3) is 5.76 Å². The van der Waals surface area contributed by atoms with Gasteiger partial charge in [0.2, 0.25) is 0 Å². The van der Waals surface area contributed by atoms with Crippen molar-refractivity contribution >= 4 is 29.1 Å². The van der Waals surface area contributed by atoms with E-state index >= 15 is 0 Å². The van der Waals surface area contributed by atoms with Crippen LogP contribution in [0.3, 0.4) is 0 Å². The third-order valence-corrected chi connectivity index (χ3v) is 4.55. The molecule has 2 N–H and O–H groups in total. The maximum atomic E-state index is 12.7. The van der Waals surface area contributed by atoms with E-state index in [4.69, 9.17) is 5.11 Å². The molecule has 9 nitrogen and oxygen atoms in total. The molecule has 1 atom stereocenters. The number of rotatable bonds is 6. The molecule has 1 amide bonds. The predicted octanol–water partition coefficient (Wildman–Crippen LogP) is 2.49. The molecule has 1 aliphatic heterocycles. The van der Waals surface area contributed by atoms with Crippen LogP contribution < -0.4 is 0 Å². The molecule has 1 heterocycles. The Hall–Kier alpha value is -4.01. The fourth-order valence-corrected chi connectivity index (χ4v) is 3.23. The van der Waals surface area contributed by atoms with Crippen molar-refractivity contribution < 1.29 is 29.5 Å². The minimum absolute atomic E-state index is 0.223. The summed E-state index contributed by atoms with van der Waals surface area (Å²) in [6.45, 7) is -0.293. The Morgan fingerprint density at radius 2 is 1.76 bits per heavy atom. The highest BCUT2D eigenvalue weighted by atomic mass is 16.6. The number of Topliss-reactive ketones (excluding diaryl/α,β-unsaturated/α-hetero) is 1. The molecule has 29 heavy (non-hydrogen) atoms. The van der Waals surface area contributed by atoms with Crippen molar-refractivity contribution in [2.24, 2.45) is 0 Å². The number of carboxylic acids is 1. The molecule has 3 rings (SSSR count). The summed E-state index contributed by atoms with van der Waals surface area (Å²) >= 11 is 0. The Kier molecular flexibility index (Phi) is 5.40. The second kappa shape index (κ2) is 7.93. The van der Waals surface area contributed by atoms with Crippen molar-refractivity contribution in [2.75, 3.05) is 6.54 Å². The van der Waals surface area contributed by atoms with Gasteiger partial charge in [-0.2, -0.15) is 0 Å². The fraction of sp³-hybridized carbons (Fsp3) is 0.150. The number of carbonyl (C=O) groups excluding carboxylic acids is 2. The summed E-state index contributed by atoms with van der Waals surface area (Å²) in [4.78, 5) is 47.8.